The highest BCUT2D eigenvalue weighted by Gasteiger charge is 2.20. The molecule has 3 amide bonds. The molecule has 1 heterocycles. The average Bonchev–Trinajstić information content (AvgIpc) is 2.74. The minimum atomic E-state index is -0.306. The molecule has 1 aliphatic rings. The van der Waals surface area contributed by atoms with Crippen molar-refractivity contribution in [2.75, 3.05) is 71.4 Å². The van der Waals surface area contributed by atoms with Crippen LogP contribution in [-0.2, 0) is 19.1 Å². The number of methoxy groups -OCH3 is 1. The van der Waals surface area contributed by atoms with Gasteiger partial charge in [0.05, 0.1) is 19.6 Å². The summed E-state index contributed by atoms with van der Waals surface area (Å²) in [6.45, 7) is 6.35. The first-order chi connectivity index (χ1) is 14.9. The lowest BCUT2D eigenvalue weighted by atomic mass is 10.2. The molecule has 3 N–H and O–H groups in total. The predicted molar refractivity (Wildman–Crippen MR) is 120 cm³/mol. The van der Waals surface area contributed by atoms with E-state index in [4.69, 9.17) is 16.3 Å². The number of nitrogens with one attached hydrogen (secondary N) is 3. The van der Waals surface area contributed by atoms with Gasteiger partial charge in [-0.3, -0.25) is 24.2 Å². The first-order valence-electron chi connectivity index (χ1n) is 10.4. The van der Waals surface area contributed by atoms with Crippen LogP contribution in [0.5, 0.6) is 0 Å². The predicted octanol–water partition coefficient (Wildman–Crippen LogP) is 0.473. The van der Waals surface area contributed by atoms with Crippen molar-refractivity contribution < 1.29 is 19.1 Å². The van der Waals surface area contributed by atoms with Crippen LogP contribution in [-0.4, -0.2) is 93.6 Å². The summed E-state index contributed by atoms with van der Waals surface area (Å²) in [6, 6.07) is 5.28. The maximum atomic E-state index is 12.2. The number of ether oxygens (including phenoxy) is 1. The molecule has 1 aliphatic heterocycles. The third-order valence-corrected chi connectivity index (χ3v) is 5.44. The highest BCUT2D eigenvalue weighted by Crippen LogP contribution is 2.22. The smallest absolute Gasteiger partial charge is 0.243 e. The Morgan fingerprint density at radius 2 is 1.61 bits per heavy atom. The Morgan fingerprint density at radius 1 is 1.00 bits per heavy atom. The standard InChI is InChI=1S/C21H32ClN5O4/c1-16-17(22)5-3-6-18(16)25-19(28)13-24-21(30)15-27-10-8-26(9-11-27)14-20(29)23-7-4-12-31-2/h3,5-6H,4,7-15H2,1-2H3,(H,23,29)(H,24,30)(H,25,28). The Bertz CT molecular complexity index is 753. The molecule has 0 aromatic heterocycles. The van der Waals surface area contributed by atoms with E-state index in [9.17, 15) is 14.4 Å². The van der Waals surface area contributed by atoms with E-state index in [1.165, 1.54) is 0 Å². The van der Waals surface area contributed by atoms with Crippen LogP contribution in [0.3, 0.4) is 0 Å². The van der Waals surface area contributed by atoms with Gasteiger partial charge in [-0.15, -0.1) is 0 Å². The van der Waals surface area contributed by atoms with E-state index in [-0.39, 0.29) is 30.8 Å². The van der Waals surface area contributed by atoms with Gasteiger partial charge in [-0.2, -0.15) is 0 Å². The molecule has 172 valence electrons. The Balaban J connectivity index is 1.61. The van der Waals surface area contributed by atoms with Crippen LogP contribution >= 0.6 is 11.6 Å². The largest absolute Gasteiger partial charge is 0.385 e. The summed E-state index contributed by atoms with van der Waals surface area (Å²) in [6.07, 6.45) is 0.794. The first-order valence-corrected chi connectivity index (χ1v) is 10.8. The number of hydrogen-bond donors (Lipinski definition) is 3. The number of hydrogen-bond acceptors (Lipinski definition) is 6. The molecule has 1 saturated heterocycles. The van der Waals surface area contributed by atoms with Gasteiger partial charge in [-0.05, 0) is 31.0 Å². The number of rotatable bonds is 11. The van der Waals surface area contributed by atoms with Gasteiger partial charge in [0.15, 0.2) is 0 Å². The molecule has 2 rings (SSSR count). The van der Waals surface area contributed by atoms with Gasteiger partial charge in [-0.25, -0.2) is 0 Å². The van der Waals surface area contributed by atoms with Crippen molar-refractivity contribution in [1.29, 1.82) is 0 Å². The van der Waals surface area contributed by atoms with Crippen LogP contribution in [0.25, 0.3) is 0 Å². The molecular formula is C21H32ClN5O4. The van der Waals surface area contributed by atoms with E-state index >= 15 is 0 Å². The second-order valence-corrected chi connectivity index (χ2v) is 7.89. The van der Waals surface area contributed by atoms with Crippen molar-refractivity contribution in [1.82, 2.24) is 20.4 Å². The Kier molecular flexibility index (Phi) is 10.7. The quantitative estimate of drug-likeness (QED) is 0.421. The lowest BCUT2D eigenvalue weighted by molar-refractivity contribution is -0.126. The number of anilines is 1. The normalized spacial score (nSPS) is 14.8. The van der Waals surface area contributed by atoms with Crippen LogP contribution in [0.4, 0.5) is 5.69 Å². The summed E-state index contributed by atoms with van der Waals surface area (Å²) in [4.78, 5) is 40.3. The zero-order valence-corrected chi connectivity index (χ0v) is 19.0. The molecule has 1 aromatic rings. The van der Waals surface area contributed by atoms with Crippen LogP contribution in [0.1, 0.15) is 12.0 Å². The van der Waals surface area contributed by atoms with Crippen molar-refractivity contribution in [2.24, 2.45) is 0 Å². The molecule has 0 saturated carbocycles. The van der Waals surface area contributed by atoms with Crippen molar-refractivity contribution in [3.05, 3.63) is 28.8 Å². The zero-order chi connectivity index (χ0) is 22.6. The van der Waals surface area contributed by atoms with Gasteiger partial charge in [0.2, 0.25) is 17.7 Å². The van der Waals surface area contributed by atoms with E-state index in [1.54, 1.807) is 25.3 Å². The van der Waals surface area contributed by atoms with E-state index in [1.807, 2.05) is 11.8 Å². The summed E-state index contributed by atoms with van der Waals surface area (Å²) < 4.78 is 4.96. The molecule has 0 unspecified atom stereocenters. The van der Waals surface area contributed by atoms with Gasteiger partial charge in [0.25, 0.3) is 0 Å². The van der Waals surface area contributed by atoms with Crippen LogP contribution in [0.15, 0.2) is 18.2 Å². The zero-order valence-electron chi connectivity index (χ0n) is 18.2. The van der Waals surface area contributed by atoms with E-state index in [2.05, 4.69) is 20.9 Å². The number of carbonyl (C=O) groups is 3. The van der Waals surface area contributed by atoms with Crippen LogP contribution in [0, 0.1) is 6.92 Å². The van der Waals surface area contributed by atoms with Gasteiger partial charge in [0.1, 0.15) is 0 Å². The fraction of sp³-hybridized carbons (Fsp3) is 0.571. The molecule has 1 fully saturated rings. The fourth-order valence-corrected chi connectivity index (χ4v) is 3.36. The van der Waals surface area contributed by atoms with E-state index < -0.39 is 0 Å². The summed E-state index contributed by atoms with van der Waals surface area (Å²) >= 11 is 6.05. The SMILES string of the molecule is COCCCNC(=O)CN1CCN(CC(=O)NCC(=O)Nc2cccc(Cl)c2C)CC1. The molecule has 0 spiro atoms. The number of nitrogens with zero attached hydrogens (tertiary/aromatic N) is 2. The molecule has 31 heavy (non-hydrogen) atoms. The second-order valence-electron chi connectivity index (χ2n) is 7.49. The van der Waals surface area contributed by atoms with Crippen molar-refractivity contribution in [3.63, 3.8) is 0 Å². The average molecular weight is 454 g/mol. The van der Waals surface area contributed by atoms with Gasteiger partial charge >= 0.3 is 0 Å². The lowest BCUT2D eigenvalue weighted by Gasteiger charge is -2.33. The molecule has 0 bridgehead atoms. The summed E-state index contributed by atoms with van der Waals surface area (Å²) in [7, 11) is 1.64. The lowest BCUT2D eigenvalue weighted by Crippen LogP contribution is -2.52. The summed E-state index contributed by atoms with van der Waals surface area (Å²) in [5.41, 5.74) is 1.41. The Hall–Kier alpha value is -2.20. The molecule has 0 radical (unpaired) electrons. The maximum absolute atomic E-state index is 12.2. The molecule has 9 nitrogen and oxygen atoms in total. The highest BCUT2D eigenvalue weighted by atomic mass is 35.5. The number of benzene rings is 1. The van der Waals surface area contributed by atoms with Gasteiger partial charge in [-0.1, -0.05) is 17.7 Å². The van der Waals surface area contributed by atoms with Crippen molar-refractivity contribution in [2.45, 2.75) is 13.3 Å². The fourth-order valence-electron chi connectivity index (χ4n) is 3.18. The summed E-state index contributed by atoms with van der Waals surface area (Å²) in [5.74, 6) is -0.509. The topological polar surface area (TPSA) is 103 Å². The first kappa shape index (κ1) is 25.1. The van der Waals surface area contributed by atoms with Gasteiger partial charge < -0.3 is 20.7 Å². The van der Waals surface area contributed by atoms with E-state index in [0.717, 1.165) is 12.0 Å². The maximum Gasteiger partial charge on any atom is 0.243 e. The van der Waals surface area contributed by atoms with Crippen LogP contribution < -0.4 is 16.0 Å². The monoisotopic (exact) mass is 453 g/mol. The number of carbonyl (C=O) groups excluding carboxylic acids is 3. The molecular weight excluding hydrogens is 422 g/mol. The number of amides is 3. The number of piperazine rings is 1. The van der Waals surface area contributed by atoms with Crippen molar-refractivity contribution >= 4 is 35.0 Å². The Morgan fingerprint density at radius 3 is 2.23 bits per heavy atom. The minimum Gasteiger partial charge on any atom is -0.385 e. The highest BCUT2D eigenvalue weighted by molar-refractivity contribution is 6.31. The Labute approximate surface area is 188 Å². The van der Waals surface area contributed by atoms with Crippen molar-refractivity contribution in [3.8, 4) is 0 Å². The molecule has 0 atom stereocenters. The second kappa shape index (κ2) is 13.3. The molecule has 0 aliphatic carbocycles. The van der Waals surface area contributed by atoms with E-state index in [0.29, 0.717) is 56.6 Å². The van der Waals surface area contributed by atoms with Gasteiger partial charge in [0, 0.05) is 57.2 Å². The van der Waals surface area contributed by atoms with Crippen LogP contribution in [0.2, 0.25) is 5.02 Å². The minimum absolute atomic E-state index is 0.00301. The molecule has 1 aromatic carbocycles. The molecule has 10 heteroatoms. The third-order valence-electron chi connectivity index (χ3n) is 5.03. The third kappa shape index (κ3) is 9.22. The number of halogens is 1. The summed E-state index contributed by atoms with van der Waals surface area (Å²) in [5, 5.41) is 8.85.